The Morgan fingerprint density at radius 2 is 1.93 bits per heavy atom. The molecule has 0 atom stereocenters. The number of halogens is 1. The first-order chi connectivity index (χ1) is 13.9. The quantitative estimate of drug-likeness (QED) is 0.598. The molecule has 29 heavy (non-hydrogen) atoms. The zero-order valence-electron chi connectivity index (χ0n) is 15.8. The van der Waals surface area contributed by atoms with Crippen LogP contribution >= 0.6 is 22.9 Å². The van der Waals surface area contributed by atoms with Gasteiger partial charge in [-0.2, -0.15) is 4.31 Å². The van der Waals surface area contributed by atoms with Crippen molar-refractivity contribution in [3.8, 4) is 11.5 Å². The van der Waals surface area contributed by atoms with Gasteiger partial charge in [-0.25, -0.2) is 8.42 Å². The number of hydrogen-bond acceptors (Lipinski definition) is 6. The molecule has 1 aliphatic heterocycles. The fourth-order valence-corrected chi connectivity index (χ4v) is 6.01. The number of sulfonamides is 1. The van der Waals surface area contributed by atoms with Gasteiger partial charge in [-0.05, 0) is 30.3 Å². The van der Waals surface area contributed by atoms with Crippen LogP contribution in [0.15, 0.2) is 47.2 Å². The van der Waals surface area contributed by atoms with Crippen LogP contribution in [0.4, 0.5) is 0 Å². The summed E-state index contributed by atoms with van der Waals surface area (Å²) in [5.74, 6) is 0.790. The van der Waals surface area contributed by atoms with Crippen LogP contribution in [0.2, 0.25) is 4.34 Å². The Labute approximate surface area is 179 Å². The third-order valence-electron chi connectivity index (χ3n) is 4.44. The maximum absolute atomic E-state index is 12.9. The van der Waals surface area contributed by atoms with Crippen LogP contribution in [0.3, 0.4) is 0 Å². The SMILES string of the molecule is C=CCOc1ccc(C(=O)N2CCN(S(=O)(=O)c3ccc(Cl)s3)CC2)cc1OC. The zero-order valence-corrected chi connectivity index (χ0v) is 18.2. The van der Waals surface area contributed by atoms with Crippen molar-refractivity contribution in [2.75, 3.05) is 39.9 Å². The summed E-state index contributed by atoms with van der Waals surface area (Å²) in [6.07, 6.45) is 1.62. The van der Waals surface area contributed by atoms with E-state index < -0.39 is 10.0 Å². The summed E-state index contributed by atoms with van der Waals surface area (Å²) in [5.41, 5.74) is 0.453. The zero-order chi connectivity index (χ0) is 21.0. The molecule has 1 aromatic heterocycles. The minimum atomic E-state index is -3.60. The second-order valence-corrected chi connectivity index (χ2v) is 10.1. The molecule has 0 radical (unpaired) electrons. The lowest BCUT2D eigenvalue weighted by molar-refractivity contribution is 0.0697. The minimum Gasteiger partial charge on any atom is -0.493 e. The number of ether oxygens (including phenoxy) is 2. The smallest absolute Gasteiger partial charge is 0.254 e. The fourth-order valence-electron chi connectivity index (χ4n) is 2.95. The van der Waals surface area contributed by atoms with Crippen molar-refractivity contribution < 1.29 is 22.7 Å². The van der Waals surface area contributed by atoms with Crippen molar-refractivity contribution in [3.05, 3.63) is 52.9 Å². The van der Waals surface area contributed by atoms with Crippen molar-refractivity contribution in [1.29, 1.82) is 0 Å². The number of hydrogen-bond donors (Lipinski definition) is 0. The van der Waals surface area contributed by atoms with E-state index in [9.17, 15) is 13.2 Å². The number of piperazine rings is 1. The van der Waals surface area contributed by atoms with E-state index in [1.807, 2.05) is 0 Å². The van der Waals surface area contributed by atoms with Crippen molar-refractivity contribution in [2.24, 2.45) is 0 Å². The van der Waals surface area contributed by atoms with E-state index >= 15 is 0 Å². The molecular weight excluding hydrogens is 436 g/mol. The van der Waals surface area contributed by atoms with Crippen LogP contribution in [0.25, 0.3) is 0 Å². The normalized spacial score (nSPS) is 15.2. The molecule has 2 aromatic rings. The molecule has 0 bridgehead atoms. The molecule has 10 heteroatoms. The summed E-state index contributed by atoms with van der Waals surface area (Å²) in [6, 6.07) is 8.03. The number of nitrogens with zero attached hydrogens (tertiary/aromatic N) is 2. The number of carbonyl (C=O) groups is 1. The highest BCUT2D eigenvalue weighted by Crippen LogP contribution is 2.30. The highest BCUT2D eigenvalue weighted by molar-refractivity contribution is 7.91. The van der Waals surface area contributed by atoms with E-state index in [-0.39, 0.29) is 23.2 Å². The molecule has 0 saturated carbocycles. The average molecular weight is 457 g/mol. The lowest BCUT2D eigenvalue weighted by Gasteiger charge is -2.33. The van der Waals surface area contributed by atoms with E-state index in [0.717, 1.165) is 11.3 Å². The lowest BCUT2D eigenvalue weighted by atomic mass is 10.1. The summed E-state index contributed by atoms with van der Waals surface area (Å²) in [7, 11) is -2.09. The third-order valence-corrected chi connectivity index (χ3v) is 8.03. The van der Waals surface area contributed by atoms with Crippen LogP contribution in [0.1, 0.15) is 10.4 Å². The van der Waals surface area contributed by atoms with Gasteiger partial charge in [-0.15, -0.1) is 11.3 Å². The fraction of sp³-hybridized carbons (Fsp3) is 0.316. The molecule has 1 aromatic carbocycles. The molecule has 0 unspecified atom stereocenters. The Morgan fingerprint density at radius 3 is 2.52 bits per heavy atom. The minimum absolute atomic E-state index is 0.185. The number of thiophene rings is 1. The van der Waals surface area contributed by atoms with E-state index in [4.69, 9.17) is 21.1 Å². The first kappa shape index (κ1) is 21.6. The third kappa shape index (κ3) is 4.75. The Bertz CT molecular complexity index is 998. The molecule has 2 heterocycles. The summed E-state index contributed by atoms with van der Waals surface area (Å²) in [4.78, 5) is 14.5. The van der Waals surface area contributed by atoms with Gasteiger partial charge in [-0.3, -0.25) is 4.79 Å². The van der Waals surface area contributed by atoms with Gasteiger partial charge in [-0.1, -0.05) is 24.3 Å². The second-order valence-electron chi connectivity index (χ2n) is 6.22. The van der Waals surface area contributed by atoms with Gasteiger partial charge in [0.2, 0.25) is 0 Å². The van der Waals surface area contributed by atoms with Gasteiger partial charge in [0.25, 0.3) is 15.9 Å². The summed E-state index contributed by atoms with van der Waals surface area (Å²) in [5, 5.41) is 0. The molecule has 3 rings (SSSR count). The highest BCUT2D eigenvalue weighted by atomic mass is 35.5. The van der Waals surface area contributed by atoms with Gasteiger partial charge < -0.3 is 14.4 Å². The monoisotopic (exact) mass is 456 g/mol. The van der Waals surface area contributed by atoms with E-state index in [0.29, 0.717) is 41.1 Å². The summed E-state index contributed by atoms with van der Waals surface area (Å²) in [6.45, 7) is 4.98. The highest BCUT2D eigenvalue weighted by Gasteiger charge is 2.31. The molecule has 1 fully saturated rings. The van der Waals surface area contributed by atoms with E-state index in [1.165, 1.54) is 17.5 Å². The van der Waals surface area contributed by atoms with Crippen LogP contribution in [0, 0.1) is 0 Å². The van der Waals surface area contributed by atoms with Gasteiger partial charge in [0, 0.05) is 31.7 Å². The van der Waals surface area contributed by atoms with Gasteiger partial charge in [0.15, 0.2) is 11.5 Å². The first-order valence-corrected chi connectivity index (χ1v) is 11.5. The Kier molecular flexibility index (Phi) is 6.84. The number of methoxy groups -OCH3 is 1. The lowest BCUT2D eigenvalue weighted by Crippen LogP contribution is -2.50. The predicted molar refractivity (Wildman–Crippen MR) is 113 cm³/mol. The Morgan fingerprint density at radius 1 is 1.21 bits per heavy atom. The van der Waals surface area contributed by atoms with Crippen LogP contribution in [-0.4, -0.2) is 63.4 Å². The van der Waals surface area contributed by atoms with Crippen molar-refractivity contribution >= 4 is 38.9 Å². The summed E-state index contributed by atoms with van der Waals surface area (Å²) < 4.78 is 38.2. The first-order valence-electron chi connectivity index (χ1n) is 8.83. The van der Waals surface area contributed by atoms with Crippen LogP contribution < -0.4 is 9.47 Å². The number of carbonyl (C=O) groups excluding carboxylic acids is 1. The van der Waals surface area contributed by atoms with Gasteiger partial charge >= 0.3 is 0 Å². The number of amides is 1. The van der Waals surface area contributed by atoms with Crippen molar-refractivity contribution in [3.63, 3.8) is 0 Å². The molecule has 156 valence electrons. The Balaban J connectivity index is 1.68. The second kappa shape index (κ2) is 9.17. The maximum Gasteiger partial charge on any atom is 0.254 e. The molecule has 0 spiro atoms. The molecule has 0 aliphatic carbocycles. The average Bonchev–Trinajstić information content (AvgIpc) is 3.19. The molecule has 1 saturated heterocycles. The summed E-state index contributed by atoms with van der Waals surface area (Å²) >= 11 is 6.89. The number of rotatable bonds is 7. The standard InChI is InChI=1S/C19H21ClN2O5S2/c1-3-12-27-15-5-4-14(13-16(15)26-2)19(23)21-8-10-22(11-9-21)29(24,25)18-7-6-17(20)28-18/h3-7,13H,1,8-12H2,2H3. The van der Waals surface area contributed by atoms with Crippen molar-refractivity contribution in [2.45, 2.75) is 4.21 Å². The molecule has 7 nitrogen and oxygen atoms in total. The van der Waals surface area contributed by atoms with Crippen molar-refractivity contribution in [1.82, 2.24) is 9.21 Å². The topological polar surface area (TPSA) is 76.2 Å². The van der Waals surface area contributed by atoms with Gasteiger partial charge in [0.05, 0.1) is 11.4 Å². The van der Waals surface area contributed by atoms with E-state index in [2.05, 4.69) is 6.58 Å². The molecule has 1 amide bonds. The predicted octanol–water partition coefficient (Wildman–Crippen LogP) is 3.12. The van der Waals surface area contributed by atoms with Crippen LogP contribution in [-0.2, 0) is 10.0 Å². The van der Waals surface area contributed by atoms with E-state index in [1.54, 1.807) is 35.2 Å². The molecule has 0 N–H and O–H groups in total. The molecular formula is C19H21ClN2O5S2. The van der Waals surface area contributed by atoms with Gasteiger partial charge in [0.1, 0.15) is 10.8 Å². The Hall–Kier alpha value is -2.07. The molecule has 1 aliphatic rings. The van der Waals surface area contributed by atoms with Crippen LogP contribution in [0.5, 0.6) is 11.5 Å². The number of benzene rings is 1. The largest absolute Gasteiger partial charge is 0.493 e. The maximum atomic E-state index is 12.9.